The van der Waals surface area contributed by atoms with E-state index in [1.165, 1.54) is 0 Å². The van der Waals surface area contributed by atoms with E-state index in [4.69, 9.17) is 15.2 Å². The van der Waals surface area contributed by atoms with Crippen molar-refractivity contribution in [3.63, 3.8) is 0 Å². The van der Waals surface area contributed by atoms with Crippen LogP contribution in [0.5, 0.6) is 11.5 Å². The summed E-state index contributed by atoms with van der Waals surface area (Å²) in [5.41, 5.74) is 7.06. The second kappa shape index (κ2) is 5.08. The maximum Gasteiger partial charge on any atom is 0.175 e. The summed E-state index contributed by atoms with van der Waals surface area (Å²) in [6.45, 7) is 0.318. The lowest BCUT2D eigenvalue weighted by molar-refractivity contribution is 0.292. The smallest absolute Gasteiger partial charge is 0.175 e. The maximum absolute atomic E-state index is 5.70. The third-order valence-corrected chi connectivity index (χ3v) is 2.91. The van der Waals surface area contributed by atoms with Crippen molar-refractivity contribution in [3.8, 4) is 11.5 Å². The van der Waals surface area contributed by atoms with E-state index in [1.54, 1.807) is 19.2 Å². The summed E-state index contributed by atoms with van der Waals surface area (Å²) < 4.78 is 12.7. The molecule has 1 aromatic carbocycles. The first kappa shape index (κ1) is 12.3. The van der Waals surface area contributed by atoms with Crippen molar-refractivity contribution in [2.24, 2.45) is 0 Å². The zero-order valence-electron chi connectivity index (χ0n) is 11.0. The normalized spacial score (nSPS) is 10.7. The van der Waals surface area contributed by atoms with E-state index in [1.807, 2.05) is 34.9 Å². The molecule has 0 radical (unpaired) electrons. The summed E-state index contributed by atoms with van der Waals surface area (Å²) in [6, 6.07) is 11.0. The Hall–Kier alpha value is -2.76. The van der Waals surface area contributed by atoms with E-state index in [9.17, 15) is 0 Å². The highest BCUT2D eigenvalue weighted by Gasteiger charge is 2.06. The Labute approximate surface area is 115 Å². The number of nitrogen functional groups attached to an aromatic ring is 1. The first-order valence-electron chi connectivity index (χ1n) is 6.12. The van der Waals surface area contributed by atoms with Crippen molar-refractivity contribution >= 4 is 11.3 Å². The predicted molar refractivity (Wildman–Crippen MR) is 74.7 cm³/mol. The molecule has 3 aromatic rings. The molecule has 2 heterocycles. The molecule has 102 valence electrons. The standard InChI is InChI=1S/C14H14N4O2/c1-19-11-3-2-4-12(8-11)20-9-14-17-16-13-7-10(15)5-6-18(13)14/h2-8H,9,15H2,1H3. The van der Waals surface area contributed by atoms with Crippen LogP contribution < -0.4 is 15.2 Å². The second-order valence-corrected chi connectivity index (χ2v) is 4.27. The number of hydrogen-bond acceptors (Lipinski definition) is 5. The van der Waals surface area contributed by atoms with Crippen LogP contribution in [0.1, 0.15) is 5.82 Å². The summed E-state index contributed by atoms with van der Waals surface area (Å²) in [6.07, 6.45) is 1.83. The van der Waals surface area contributed by atoms with Gasteiger partial charge in [-0.2, -0.15) is 0 Å². The van der Waals surface area contributed by atoms with E-state index in [2.05, 4.69) is 10.2 Å². The van der Waals surface area contributed by atoms with Crippen LogP contribution in [0.25, 0.3) is 5.65 Å². The maximum atomic E-state index is 5.70. The topological polar surface area (TPSA) is 74.7 Å². The molecular weight excluding hydrogens is 256 g/mol. The minimum Gasteiger partial charge on any atom is -0.497 e. The summed E-state index contributed by atoms with van der Waals surface area (Å²) in [7, 11) is 1.62. The molecule has 0 aliphatic rings. The number of methoxy groups -OCH3 is 1. The highest BCUT2D eigenvalue weighted by atomic mass is 16.5. The predicted octanol–water partition coefficient (Wildman–Crippen LogP) is 1.90. The lowest BCUT2D eigenvalue weighted by Crippen LogP contribution is -2.01. The van der Waals surface area contributed by atoms with Crippen molar-refractivity contribution in [1.29, 1.82) is 0 Å². The molecule has 0 aliphatic heterocycles. The number of aromatic nitrogens is 3. The Balaban J connectivity index is 1.79. The fourth-order valence-corrected chi connectivity index (χ4v) is 1.89. The molecule has 6 heteroatoms. The summed E-state index contributed by atoms with van der Waals surface area (Å²) in [5, 5.41) is 8.15. The Kier molecular flexibility index (Phi) is 3.12. The number of hydrogen-bond donors (Lipinski definition) is 1. The summed E-state index contributed by atoms with van der Waals surface area (Å²) in [5.74, 6) is 2.18. The lowest BCUT2D eigenvalue weighted by atomic mass is 10.3. The Morgan fingerprint density at radius 3 is 2.85 bits per heavy atom. The number of fused-ring (bicyclic) bond motifs is 1. The van der Waals surface area contributed by atoms with Crippen molar-refractivity contribution in [2.75, 3.05) is 12.8 Å². The Morgan fingerprint density at radius 1 is 1.15 bits per heavy atom. The lowest BCUT2D eigenvalue weighted by Gasteiger charge is -2.06. The van der Waals surface area contributed by atoms with E-state index in [-0.39, 0.29) is 0 Å². The SMILES string of the molecule is COc1cccc(OCc2nnc3cc(N)ccn23)c1. The van der Waals surface area contributed by atoms with Gasteiger partial charge in [-0.15, -0.1) is 10.2 Å². The fraction of sp³-hybridized carbons (Fsp3) is 0.143. The van der Waals surface area contributed by atoms with Gasteiger partial charge in [-0.25, -0.2) is 0 Å². The van der Waals surface area contributed by atoms with Gasteiger partial charge < -0.3 is 15.2 Å². The van der Waals surface area contributed by atoms with Gasteiger partial charge >= 0.3 is 0 Å². The molecule has 0 saturated heterocycles. The average Bonchev–Trinajstić information content (AvgIpc) is 2.87. The molecule has 0 atom stereocenters. The molecular formula is C14H14N4O2. The van der Waals surface area contributed by atoms with Gasteiger partial charge in [0.15, 0.2) is 11.5 Å². The van der Waals surface area contributed by atoms with Gasteiger partial charge in [0, 0.05) is 24.0 Å². The largest absolute Gasteiger partial charge is 0.497 e. The molecule has 3 rings (SSSR count). The van der Waals surface area contributed by atoms with Gasteiger partial charge in [0.1, 0.15) is 18.1 Å². The number of ether oxygens (including phenoxy) is 2. The van der Waals surface area contributed by atoms with Crippen LogP contribution in [0.15, 0.2) is 42.6 Å². The molecule has 2 N–H and O–H groups in total. The minimum atomic E-state index is 0.318. The number of pyridine rings is 1. The van der Waals surface area contributed by atoms with Crippen LogP contribution in [0.3, 0.4) is 0 Å². The second-order valence-electron chi connectivity index (χ2n) is 4.27. The zero-order chi connectivity index (χ0) is 13.9. The van der Waals surface area contributed by atoms with Gasteiger partial charge in [-0.3, -0.25) is 4.40 Å². The molecule has 20 heavy (non-hydrogen) atoms. The monoisotopic (exact) mass is 270 g/mol. The van der Waals surface area contributed by atoms with E-state index in [0.29, 0.717) is 23.8 Å². The van der Waals surface area contributed by atoms with E-state index in [0.717, 1.165) is 11.5 Å². The van der Waals surface area contributed by atoms with Crippen molar-refractivity contribution in [2.45, 2.75) is 6.61 Å². The van der Waals surface area contributed by atoms with Gasteiger partial charge in [-0.1, -0.05) is 6.07 Å². The summed E-state index contributed by atoms with van der Waals surface area (Å²) in [4.78, 5) is 0. The average molecular weight is 270 g/mol. The number of rotatable bonds is 4. The third-order valence-electron chi connectivity index (χ3n) is 2.91. The van der Waals surface area contributed by atoms with Crippen LogP contribution in [-0.4, -0.2) is 21.7 Å². The molecule has 0 aliphatic carbocycles. The molecule has 0 unspecified atom stereocenters. The first-order valence-corrected chi connectivity index (χ1v) is 6.12. The van der Waals surface area contributed by atoms with E-state index >= 15 is 0 Å². The fourth-order valence-electron chi connectivity index (χ4n) is 1.89. The molecule has 2 aromatic heterocycles. The Morgan fingerprint density at radius 2 is 2.00 bits per heavy atom. The van der Waals surface area contributed by atoms with Gasteiger partial charge in [0.25, 0.3) is 0 Å². The van der Waals surface area contributed by atoms with Crippen molar-refractivity contribution in [3.05, 3.63) is 48.4 Å². The van der Waals surface area contributed by atoms with Gasteiger partial charge in [-0.05, 0) is 18.2 Å². The molecule has 0 amide bonds. The minimum absolute atomic E-state index is 0.318. The molecule has 0 bridgehead atoms. The highest BCUT2D eigenvalue weighted by Crippen LogP contribution is 2.20. The van der Waals surface area contributed by atoms with Gasteiger partial charge in [0.05, 0.1) is 7.11 Å². The number of nitrogens with zero attached hydrogens (tertiary/aromatic N) is 3. The van der Waals surface area contributed by atoms with Crippen LogP contribution in [-0.2, 0) is 6.61 Å². The van der Waals surface area contributed by atoms with Crippen LogP contribution in [0, 0.1) is 0 Å². The highest BCUT2D eigenvalue weighted by molar-refractivity contribution is 5.51. The van der Waals surface area contributed by atoms with E-state index < -0.39 is 0 Å². The number of benzene rings is 1. The van der Waals surface area contributed by atoms with Crippen LogP contribution in [0.2, 0.25) is 0 Å². The third kappa shape index (κ3) is 2.35. The van der Waals surface area contributed by atoms with Crippen LogP contribution >= 0.6 is 0 Å². The van der Waals surface area contributed by atoms with Crippen LogP contribution in [0.4, 0.5) is 5.69 Å². The van der Waals surface area contributed by atoms with Gasteiger partial charge in [0.2, 0.25) is 0 Å². The molecule has 0 fully saturated rings. The van der Waals surface area contributed by atoms with Crippen molar-refractivity contribution < 1.29 is 9.47 Å². The first-order chi connectivity index (χ1) is 9.76. The quantitative estimate of drug-likeness (QED) is 0.783. The number of anilines is 1. The Bertz CT molecular complexity index is 739. The zero-order valence-corrected chi connectivity index (χ0v) is 11.0. The number of nitrogens with two attached hydrogens (primary N) is 1. The van der Waals surface area contributed by atoms with Crippen molar-refractivity contribution in [1.82, 2.24) is 14.6 Å². The molecule has 6 nitrogen and oxygen atoms in total. The molecule has 0 spiro atoms. The summed E-state index contributed by atoms with van der Waals surface area (Å²) >= 11 is 0. The molecule has 0 saturated carbocycles.